The predicted octanol–water partition coefficient (Wildman–Crippen LogP) is 3.14. The van der Waals surface area contributed by atoms with Gasteiger partial charge in [-0.25, -0.2) is 0 Å². The minimum absolute atomic E-state index is 0.367. The van der Waals surface area contributed by atoms with E-state index >= 15 is 0 Å². The molecule has 21 heavy (non-hydrogen) atoms. The van der Waals surface area contributed by atoms with E-state index in [-0.39, 0.29) is 6.10 Å². The molecule has 3 heteroatoms. The maximum Gasteiger partial charge on any atom is 0.0840 e. The fraction of sp³-hybridized carbons (Fsp3) is 0.500. The summed E-state index contributed by atoms with van der Waals surface area (Å²) >= 11 is 0. The summed E-state index contributed by atoms with van der Waals surface area (Å²) in [5.41, 5.74) is 1.00. The van der Waals surface area contributed by atoms with Gasteiger partial charge in [0.2, 0.25) is 0 Å². The molecule has 110 valence electrons. The van der Waals surface area contributed by atoms with Gasteiger partial charge in [0.1, 0.15) is 0 Å². The number of rotatable bonds is 2. The molecule has 3 unspecified atom stereocenters. The standard InChI is InChI=1S/C18H22N2O/c1-20-14-6-7-15(20)9-13(8-14)18(21)17-11-19-10-12-4-2-3-5-16(12)17/h2-5,10-11,13-15,18,21H,6-9H2,1H3. The molecule has 2 aromatic rings. The van der Waals surface area contributed by atoms with Crippen molar-refractivity contribution >= 4 is 10.8 Å². The molecule has 0 aliphatic carbocycles. The van der Waals surface area contributed by atoms with Gasteiger partial charge in [-0.15, -0.1) is 0 Å². The fourth-order valence-corrected chi connectivity index (χ4v) is 4.34. The Balaban J connectivity index is 1.66. The molecule has 0 radical (unpaired) electrons. The fourth-order valence-electron chi connectivity index (χ4n) is 4.34. The third-order valence-electron chi connectivity index (χ3n) is 5.60. The van der Waals surface area contributed by atoms with Crippen LogP contribution in [-0.2, 0) is 0 Å². The lowest BCUT2D eigenvalue weighted by Crippen LogP contribution is -2.41. The SMILES string of the molecule is CN1C2CCC1CC(C(O)c1cncc3ccccc13)C2. The van der Waals surface area contributed by atoms with Gasteiger partial charge in [0.25, 0.3) is 0 Å². The Morgan fingerprint density at radius 3 is 2.62 bits per heavy atom. The quantitative estimate of drug-likeness (QED) is 0.919. The first kappa shape index (κ1) is 13.2. The normalized spacial score (nSPS) is 30.7. The third-order valence-corrected chi connectivity index (χ3v) is 5.60. The number of aliphatic hydroxyl groups excluding tert-OH is 1. The van der Waals surface area contributed by atoms with E-state index in [2.05, 4.69) is 29.1 Å². The summed E-state index contributed by atoms with van der Waals surface area (Å²) in [5.74, 6) is 0.367. The van der Waals surface area contributed by atoms with Crippen molar-refractivity contribution in [3.05, 3.63) is 42.2 Å². The number of benzene rings is 1. The Hall–Kier alpha value is -1.45. The Bertz CT molecular complexity index is 637. The van der Waals surface area contributed by atoms with Gasteiger partial charge in [0.05, 0.1) is 6.10 Å². The maximum atomic E-state index is 10.9. The highest BCUT2D eigenvalue weighted by Gasteiger charge is 2.41. The zero-order valence-electron chi connectivity index (χ0n) is 12.4. The van der Waals surface area contributed by atoms with Crippen LogP contribution in [0, 0.1) is 5.92 Å². The highest BCUT2D eigenvalue weighted by atomic mass is 16.3. The average molecular weight is 282 g/mol. The smallest absolute Gasteiger partial charge is 0.0840 e. The molecule has 3 atom stereocenters. The second kappa shape index (κ2) is 5.08. The lowest BCUT2D eigenvalue weighted by molar-refractivity contribution is 0.0362. The van der Waals surface area contributed by atoms with Gasteiger partial charge < -0.3 is 10.0 Å². The van der Waals surface area contributed by atoms with Gasteiger partial charge in [-0.05, 0) is 44.0 Å². The molecule has 0 spiro atoms. The number of hydrogen-bond donors (Lipinski definition) is 1. The highest BCUT2D eigenvalue weighted by Crippen LogP contribution is 2.43. The van der Waals surface area contributed by atoms with Crippen LogP contribution >= 0.6 is 0 Å². The van der Waals surface area contributed by atoms with Crippen molar-refractivity contribution < 1.29 is 5.11 Å². The number of aromatic nitrogens is 1. The molecule has 2 aliphatic rings. The summed E-state index contributed by atoms with van der Waals surface area (Å²) in [6.45, 7) is 0. The van der Waals surface area contributed by atoms with Crippen molar-refractivity contribution in [3.8, 4) is 0 Å². The van der Waals surface area contributed by atoms with E-state index in [0.29, 0.717) is 18.0 Å². The predicted molar refractivity (Wildman–Crippen MR) is 84.0 cm³/mol. The molecule has 2 saturated heterocycles. The first-order valence-corrected chi connectivity index (χ1v) is 7.96. The van der Waals surface area contributed by atoms with Gasteiger partial charge in [0.15, 0.2) is 0 Å². The Morgan fingerprint density at radius 1 is 1.14 bits per heavy atom. The van der Waals surface area contributed by atoms with Crippen molar-refractivity contribution in [2.75, 3.05) is 7.05 Å². The molecule has 2 bridgehead atoms. The second-order valence-corrected chi connectivity index (χ2v) is 6.68. The van der Waals surface area contributed by atoms with Crippen molar-refractivity contribution in [2.45, 2.75) is 43.9 Å². The lowest BCUT2D eigenvalue weighted by Gasteiger charge is -2.38. The molecule has 4 rings (SSSR count). The molecular weight excluding hydrogens is 260 g/mol. The van der Waals surface area contributed by atoms with Crippen molar-refractivity contribution in [1.29, 1.82) is 0 Å². The largest absolute Gasteiger partial charge is 0.388 e. The number of nitrogens with zero attached hydrogens (tertiary/aromatic N) is 2. The molecule has 1 aromatic heterocycles. The lowest BCUT2D eigenvalue weighted by atomic mass is 9.83. The Morgan fingerprint density at radius 2 is 1.86 bits per heavy atom. The van der Waals surface area contributed by atoms with E-state index in [9.17, 15) is 5.11 Å². The molecule has 2 fully saturated rings. The monoisotopic (exact) mass is 282 g/mol. The number of pyridine rings is 1. The topological polar surface area (TPSA) is 36.4 Å². The van der Waals surface area contributed by atoms with Crippen LogP contribution in [0.2, 0.25) is 0 Å². The zero-order valence-corrected chi connectivity index (χ0v) is 12.4. The van der Waals surface area contributed by atoms with E-state index in [1.165, 1.54) is 12.8 Å². The van der Waals surface area contributed by atoms with Crippen LogP contribution in [0.5, 0.6) is 0 Å². The first-order chi connectivity index (χ1) is 10.2. The van der Waals surface area contributed by atoms with E-state index in [1.54, 1.807) is 0 Å². The van der Waals surface area contributed by atoms with E-state index in [1.807, 2.05) is 24.5 Å². The van der Waals surface area contributed by atoms with Gasteiger partial charge in [-0.3, -0.25) is 4.98 Å². The summed E-state index contributed by atoms with van der Waals surface area (Å²) in [6, 6.07) is 9.54. The van der Waals surface area contributed by atoms with Crippen molar-refractivity contribution in [1.82, 2.24) is 9.88 Å². The molecular formula is C18H22N2O. The summed E-state index contributed by atoms with van der Waals surface area (Å²) in [5, 5.41) is 13.2. The summed E-state index contributed by atoms with van der Waals surface area (Å²) in [6.07, 6.45) is 8.14. The third kappa shape index (κ3) is 2.16. The highest BCUT2D eigenvalue weighted by molar-refractivity contribution is 5.84. The van der Waals surface area contributed by atoms with Gasteiger partial charge in [-0.1, -0.05) is 24.3 Å². The molecule has 1 aromatic carbocycles. The molecule has 2 aliphatic heterocycles. The minimum atomic E-state index is -0.389. The Kier molecular flexibility index (Phi) is 3.20. The number of aliphatic hydroxyl groups is 1. The molecule has 1 N–H and O–H groups in total. The number of piperidine rings is 1. The van der Waals surface area contributed by atoms with Crippen LogP contribution in [0.25, 0.3) is 10.8 Å². The average Bonchev–Trinajstić information content (AvgIpc) is 2.75. The van der Waals surface area contributed by atoms with Crippen molar-refractivity contribution in [2.24, 2.45) is 5.92 Å². The molecule has 0 amide bonds. The molecule has 3 nitrogen and oxygen atoms in total. The van der Waals surface area contributed by atoms with Gasteiger partial charge in [0, 0.05) is 35.4 Å². The van der Waals surface area contributed by atoms with E-state index in [0.717, 1.165) is 29.2 Å². The number of fused-ring (bicyclic) bond motifs is 3. The van der Waals surface area contributed by atoms with Crippen LogP contribution in [0.3, 0.4) is 0 Å². The first-order valence-electron chi connectivity index (χ1n) is 7.96. The van der Waals surface area contributed by atoms with Gasteiger partial charge >= 0.3 is 0 Å². The molecule has 3 heterocycles. The molecule has 0 saturated carbocycles. The van der Waals surface area contributed by atoms with Crippen LogP contribution in [0.1, 0.15) is 37.4 Å². The van der Waals surface area contributed by atoms with Crippen LogP contribution in [0.4, 0.5) is 0 Å². The summed E-state index contributed by atoms with van der Waals surface area (Å²) < 4.78 is 0. The minimum Gasteiger partial charge on any atom is -0.388 e. The van der Waals surface area contributed by atoms with Crippen LogP contribution in [-0.4, -0.2) is 34.1 Å². The van der Waals surface area contributed by atoms with E-state index < -0.39 is 0 Å². The van der Waals surface area contributed by atoms with Crippen molar-refractivity contribution in [3.63, 3.8) is 0 Å². The second-order valence-electron chi connectivity index (χ2n) is 6.68. The zero-order chi connectivity index (χ0) is 14.4. The summed E-state index contributed by atoms with van der Waals surface area (Å²) in [7, 11) is 2.24. The maximum absolute atomic E-state index is 10.9. The number of hydrogen-bond acceptors (Lipinski definition) is 3. The Labute approximate surface area is 125 Å². The van der Waals surface area contributed by atoms with Crippen LogP contribution < -0.4 is 0 Å². The summed E-state index contributed by atoms with van der Waals surface area (Å²) in [4.78, 5) is 6.85. The van der Waals surface area contributed by atoms with Gasteiger partial charge in [-0.2, -0.15) is 0 Å². The van der Waals surface area contributed by atoms with Crippen LogP contribution in [0.15, 0.2) is 36.7 Å². The van der Waals surface area contributed by atoms with E-state index in [4.69, 9.17) is 0 Å².